The van der Waals surface area contributed by atoms with Gasteiger partial charge in [0.2, 0.25) is 5.88 Å². The minimum Gasteiger partial charge on any atom is -0.501 e. The molecule has 1 aliphatic carbocycles. The van der Waals surface area contributed by atoms with E-state index < -0.39 is 11.5 Å². The van der Waals surface area contributed by atoms with Crippen molar-refractivity contribution in [2.24, 2.45) is 5.92 Å². The Morgan fingerprint density at radius 1 is 1.38 bits per heavy atom. The van der Waals surface area contributed by atoms with Gasteiger partial charge in [-0.1, -0.05) is 0 Å². The van der Waals surface area contributed by atoms with Crippen molar-refractivity contribution in [3.05, 3.63) is 33.9 Å². The van der Waals surface area contributed by atoms with Crippen molar-refractivity contribution in [2.45, 2.75) is 45.2 Å². The molecule has 1 saturated heterocycles. The van der Waals surface area contributed by atoms with Crippen molar-refractivity contribution in [1.82, 2.24) is 19.5 Å². The molecule has 9 heteroatoms. The molecule has 1 aliphatic heterocycles. The summed E-state index contributed by atoms with van der Waals surface area (Å²) in [6.45, 7) is 4.17. The third kappa shape index (κ3) is 4.00. The largest absolute Gasteiger partial charge is 0.501 e. The molecule has 2 aromatic heterocycles. The molecule has 1 amide bonds. The van der Waals surface area contributed by atoms with Gasteiger partial charge in [-0.05, 0) is 44.6 Å². The fourth-order valence-electron chi connectivity index (χ4n) is 3.59. The van der Waals surface area contributed by atoms with Crippen molar-refractivity contribution >= 4 is 17.6 Å². The Kier molecular flexibility index (Phi) is 5.57. The summed E-state index contributed by atoms with van der Waals surface area (Å²) in [7, 11) is 0. The van der Waals surface area contributed by atoms with Crippen LogP contribution >= 0.6 is 0 Å². The van der Waals surface area contributed by atoms with E-state index in [0.717, 1.165) is 25.7 Å². The summed E-state index contributed by atoms with van der Waals surface area (Å²) in [5.41, 5.74) is 0.180. The number of nitrogens with zero attached hydrogens (tertiary/aromatic N) is 3. The van der Waals surface area contributed by atoms with Crippen molar-refractivity contribution in [3.8, 4) is 5.88 Å². The molecule has 156 valence electrons. The van der Waals surface area contributed by atoms with E-state index in [0.29, 0.717) is 37.6 Å². The van der Waals surface area contributed by atoms with Crippen molar-refractivity contribution in [2.75, 3.05) is 19.8 Å². The summed E-state index contributed by atoms with van der Waals surface area (Å²) >= 11 is 0. The average molecular weight is 402 g/mol. The first-order valence-corrected chi connectivity index (χ1v) is 10.1. The molecule has 2 aromatic rings. The van der Waals surface area contributed by atoms with Crippen LogP contribution in [0.4, 0.5) is 0 Å². The van der Waals surface area contributed by atoms with Crippen LogP contribution in [0.1, 0.15) is 48.5 Å². The fraction of sp³-hybridized carbons (Fsp3) is 0.550. The van der Waals surface area contributed by atoms with Crippen LogP contribution in [0, 0.1) is 5.92 Å². The zero-order valence-corrected chi connectivity index (χ0v) is 16.5. The van der Waals surface area contributed by atoms with Gasteiger partial charge in [0.15, 0.2) is 5.56 Å². The van der Waals surface area contributed by atoms with E-state index in [1.807, 2.05) is 6.92 Å². The summed E-state index contributed by atoms with van der Waals surface area (Å²) in [5, 5.41) is 18.0. The summed E-state index contributed by atoms with van der Waals surface area (Å²) < 4.78 is 13.5. The predicted molar refractivity (Wildman–Crippen MR) is 106 cm³/mol. The van der Waals surface area contributed by atoms with Crippen LogP contribution in [-0.4, -0.2) is 51.1 Å². The second kappa shape index (κ2) is 8.28. The van der Waals surface area contributed by atoms with E-state index in [9.17, 15) is 14.7 Å². The highest BCUT2D eigenvalue weighted by molar-refractivity contribution is 5.96. The normalized spacial score (nSPS) is 17.8. The van der Waals surface area contributed by atoms with Gasteiger partial charge >= 0.3 is 0 Å². The second-order valence-electron chi connectivity index (χ2n) is 7.51. The number of fused-ring (bicyclic) bond motifs is 1. The maximum Gasteiger partial charge on any atom is 0.291 e. The maximum atomic E-state index is 13.0. The molecule has 0 radical (unpaired) electrons. The minimum absolute atomic E-state index is 0.0725. The quantitative estimate of drug-likeness (QED) is 0.680. The van der Waals surface area contributed by atoms with Gasteiger partial charge < -0.3 is 19.9 Å². The number of rotatable bonds is 7. The lowest BCUT2D eigenvalue weighted by molar-refractivity contribution is 0.0607. The molecule has 4 rings (SSSR count). The molecule has 0 aromatic carbocycles. The SMILES string of the molecule is CCO/C=C/c1cnn2c(=O)c(C(=O)NC3CC3)c(O)n(CC3CCOCC3)c12. The van der Waals surface area contributed by atoms with Crippen molar-refractivity contribution in [1.29, 1.82) is 0 Å². The number of hydrogen-bond donors (Lipinski definition) is 2. The number of hydrogen-bond acceptors (Lipinski definition) is 6. The molecule has 2 N–H and O–H groups in total. The Morgan fingerprint density at radius 2 is 2.14 bits per heavy atom. The molecule has 29 heavy (non-hydrogen) atoms. The predicted octanol–water partition coefficient (Wildman–Crippen LogP) is 1.53. The van der Waals surface area contributed by atoms with Crippen LogP contribution in [0.3, 0.4) is 0 Å². The first kappa shape index (κ1) is 19.5. The topological polar surface area (TPSA) is 107 Å². The van der Waals surface area contributed by atoms with E-state index in [4.69, 9.17) is 9.47 Å². The highest BCUT2D eigenvalue weighted by atomic mass is 16.5. The molecule has 2 fully saturated rings. The molecule has 9 nitrogen and oxygen atoms in total. The first-order chi connectivity index (χ1) is 14.1. The van der Waals surface area contributed by atoms with Gasteiger partial charge in [0.1, 0.15) is 5.65 Å². The van der Waals surface area contributed by atoms with Gasteiger partial charge in [-0.25, -0.2) is 0 Å². The number of carbonyl (C=O) groups excluding carboxylic acids is 1. The van der Waals surface area contributed by atoms with E-state index in [1.54, 1.807) is 10.6 Å². The Balaban J connectivity index is 1.82. The van der Waals surface area contributed by atoms with Crippen LogP contribution in [-0.2, 0) is 16.0 Å². The maximum absolute atomic E-state index is 13.0. The van der Waals surface area contributed by atoms with Gasteiger partial charge in [0, 0.05) is 31.4 Å². The first-order valence-electron chi connectivity index (χ1n) is 10.1. The zero-order chi connectivity index (χ0) is 20.4. The number of amides is 1. The lowest BCUT2D eigenvalue weighted by atomic mass is 10.00. The van der Waals surface area contributed by atoms with Gasteiger partial charge in [0.25, 0.3) is 11.5 Å². The van der Waals surface area contributed by atoms with E-state index in [1.165, 1.54) is 17.0 Å². The standard InChI is InChI=1S/C20H26N4O5/c1-2-28-10-7-14-11-21-24-18(14)23(12-13-5-8-29-9-6-13)19(26)16(20(24)27)17(25)22-15-3-4-15/h7,10-11,13,15,26H,2-6,8-9,12H2,1H3,(H,22,25)/b10-7+. The van der Waals surface area contributed by atoms with Gasteiger partial charge in [-0.15, -0.1) is 0 Å². The van der Waals surface area contributed by atoms with Gasteiger partial charge in [-0.2, -0.15) is 9.61 Å². The summed E-state index contributed by atoms with van der Waals surface area (Å²) in [4.78, 5) is 25.6. The summed E-state index contributed by atoms with van der Waals surface area (Å²) in [5.74, 6) is -0.614. The molecule has 0 spiro atoms. The number of aromatic nitrogens is 3. The Labute approximate surface area is 167 Å². The van der Waals surface area contributed by atoms with Gasteiger partial charge in [0.05, 0.1) is 19.1 Å². The second-order valence-corrected chi connectivity index (χ2v) is 7.51. The summed E-state index contributed by atoms with van der Waals surface area (Å²) in [6.07, 6.45) is 8.24. The van der Waals surface area contributed by atoms with Crippen molar-refractivity contribution in [3.63, 3.8) is 0 Å². The molecule has 2 aliphatic rings. The number of aromatic hydroxyl groups is 1. The number of ether oxygens (including phenoxy) is 2. The average Bonchev–Trinajstić information content (AvgIpc) is 3.43. The molecular weight excluding hydrogens is 376 g/mol. The molecule has 0 unspecified atom stereocenters. The molecular formula is C20H26N4O5. The van der Waals surface area contributed by atoms with E-state index >= 15 is 0 Å². The van der Waals surface area contributed by atoms with Crippen LogP contribution in [0.5, 0.6) is 5.88 Å². The number of carbonyl (C=O) groups is 1. The zero-order valence-electron chi connectivity index (χ0n) is 16.5. The van der Waals surface area contributed by atoms with E-state index in [2.05, 4.69) is 10.4 Å². The Bertz CT molecular complexity index is 983. The monoisotopic (exact) mass is 402 g/mol. The molecule has 3 heterocycles. The van der Waals surface area contributed by atoms with Crippen LogP contribution < -0.4 is 10.9 Å². The summed E-state index contributed by atoms with van der Waals surface area (Å²) in [6, 6.07) is 0.0725. The highest BCUT2D eigenvalue weighted by Crippen LogP contribution is 2.27. The van der Waals surface area contributed by atoms with Crippen LogP contribution in [0.15, 0.2) is 17.3 Å². The Hall–Kier alpha value is -2.81. The Morgan fingerprint density at radius 3 is 2.83 bits per heavy atom. The lowest BCUT2D eigenvalue weighted by Gasteiger charge is -2.24. The fourth-order valence-corrected chi connectivity index (χ4v) is 3.59. The lowest BCUT2D eigenvalue weighted by Crippen LogP contribution is -2.35. The van der Waals surface area contributed by atoms with Crippen molar-refractivity contribution < 1.29 is 19.4 Å². The van der Waals surface area contributed by atoms with E-state index in [-0.39, 0.29) is 23.4 Å². The van der Waals surface area contributed by atoms with Crippen LogP contribution in [0.2, 0.25) is 0 Å². The minimum atomic E-state index is -0.630. The third-order valence-corrected chi connectivity index (χ3v) is 5.34. The number of nitrogens with one attached hydrogen (secondary N) is 1. The third-order valence-electron chi connectivity index (χ3n) is 5.34. The molecule has 0 atom stereocenters. The van der Waals surface area contributed by atoms with Crippen LogP contribution in [0.25, 0.3) is 11.7 Å². The highest BCUT2D eigenvalue weighted by Gasteiger charge is 2.30. The van der Waals surface area contributed by atoms with Gasteiger partial charge in [-0.3, -0.25) is 14.2 Å². The smallest absolute Gasteiger partial charge is 0.291 e. The molecule has 1 saturated carbocycles. The molecule has 0 bridgehead atoms.